The van der Waals surface area contributed by atoms with Gasteiger partial charge in [0.05, 0.1) is 0 Å². The molecule has 1 atom stereocenters. The predicted molar refractivity (Wildman–Crippen MR) is 170 cm³/mol. The summed E-state index contributed by atoms with van der Waals surface area (Å²) in [7, 11) is 0. The fourth-order valence-electron chi connectivity index (χ4n) is 5.89. The van der Waals surface area contributed by atoms with Crippen LogP contribution in [-0.4, -0.2) is 34.0 Å². The van der Waals surface area contributed by atoms with E-state index in [1.54, 1.807) is 0 Å². The van der Waals surface area contributed by atoms with E-state index in [0.29, 0.717) is 26.1 Å². The number of nitrogens with zero attached hydrogens (tertiary/aromatic N) is 2. The standard InChI is InChI=1S/C36H34N4O2/c1-2-40(36(37)42)34(35(41)38-22-25-15-17-27-9-3-5-11-29(27)19-25)21-31-24-39(33-14-8-7-13-32(31)33)23-26-16-18-28-10-4-6-12-30(28)20-26/h3-20,24,34H,2,21-23H2,1H3,(H2,37,42)(H,38,41)/t34-/m0/s1. The van der Waals surface area contributed by atoms with Crippen molar-refractivity contribution in [3.05, 3.63) is 132 Å². The van der Waals surface area contributed by atoms with E-state index in [1.165, 1.54) is 21.2 Å². The molecule has 6 nitrogen and oxygen atoms in total. The Morgan fingerprint density at radius 1 is 0.786 bits per heavy atom. The summed E-state index contributed by atoms with van der Waals surface area (Å²) in [5, 5.41) is 8.81. The number of urea groups is 1. The minimum atomic E-state index is -0.743. The van der Waals surface area contributed by atoms with Gasteiger partial charge in [-0.1, -0.05) is 91.0 Å². The molecule has 6 heteroatoms. The number of carbonyl (C=O) groups excluding carboxylic acids is 2. The minimum Gasteiger partial charge on any atom is -0.351 e. The average molecular weight is 555 g/mol. The molecule has 0 bridgehead atoms. The first kappa shape index (κ1) is 27.1. The van der Waals surface area contributed by atoms with Gasteiger partial charge in [0.15, 0.2) is 0 Å². The van der Waals surface area contributed by atoms with E-state index in [2.05, 4.69) is 88.9 Å². The largest absolute Gasteiger partial charge is 0.351 e. The fraction of sp³-hybridized carbons (Fsp3) is 0.167. The van der Waals surface area contributed by atoms with Crippen LogP contribution >= 0.6 is 0 Å². The van der Waals surface area contributed by atoms with Gasteiger partial charge in [-0.25, -0.2) is 4.79 Å². The normalized spacial score (nSPS) is 12.0. The van der Waals surface area contributed by atoms with Gasteiger partial charge in [0.2, 0.25) is 5.91 Å². The van der Waals surface area contributed by atoms with E-state index < -0.39 is 12.1 Å². The van der Waals surface area contributed by atoms with Crippen molar-refractivity contribution < 1.29 is 9.59 Å². The molecule has 42 heavy (non-hydrogen) atoms. The van der Waals surface area contributed by atoms with Crippen LogP contribution in [0.15, 0.2) is 115 Å². The third-order valence-electron chi connectivity index (χ3n) is 8.03. The van der Waals surface area contributed by atoms with Gasteiger partial charge in [0, 0.05) is 43.2 Å². The zero-order chi connectivity index (χ0) is 29.1. The lowest BCUT2D eigenvalue weighted by Gasteiger charge is -2.28. The highest BCUT2D eigenvalue weighted by atomic mass is 16.2. The molecule has 0 spiro atoms. The number of para-hydroxylation sites is 1. The molecule has 0 unspecified atom stereocenters. The first-order valence-corrected chi connectivity index (χ1v) is 14.4. The predicted octanol–water partition coefficient (Wildman–Crippen LogP) is 6.62. The summed E-state index contributed by atoms with van der Waals surface area (Å²) < 4.78 is 2.22. The number of fused-ring (bicyclic) bond motifs is 3. The molecular formula is C36H34N4O2. The van der Waals surface area contributed by atoms with Crippen molar-refractivity contribution >= 4 is 44.4 Å². The Morgan fingerprint density at radius 3 is 2.05 bits per heavy atom. The number of primary amides is 1. The maximum Gasteiger partial charge on any atom is 0.315 e. The molecule has 210 valence electrons. The molecule has 0 saturated heterocycles. The molecule has 1 heterocycles. The number of likely N-dealkylation sites (N-methyl/N-ethyl adjacent to an activating group) is 1. The Bertz CT molecular complexity index is 1910. The lowest BCUT2D eigenvalue weighted by Crippen LogP contribution is -2.52. The quantitative estimate of drug-likeness (QED) is 0.211. The van der Waals surface area contributed by atoms with E-state index in [0.717, 1.165) is 32.8 Å². The number of nitrogens with two attached hydrogens (primary N) is 1. The summed E-state index contributed by atoms with van der Waals surface area (Å²) in [6.07, 6.45) is 2.46. The number of nitrogens with one attached hydrogen (secondary N) is 1. The molecule has 1 aromatic heterocycles. The van der Waals surface area contributed by atoms with Crippen molar-refractivity contribution in [1.82, 2.24) is 14.8 Å². The molecule has 3 amide bonds. The van der Waals surface area contributed by atoms with E-state index in [-0.39, 0.29) is 5.91 Å². The molecule has 5 aromatic carbocycles. The Kier molecular flexibility index (Phi) is 7.60. The first-order valence-electron chi connectivity index (χ1n) is 14.4. The lowest BCUT2D eigenvalue weighted by molar-refractivity contribution is -0.125. The SMILES string of the molecule is CCN(C(N)=O)[C@@H](Cc1cn(Cc2ccc3ccccc3c2)c2ccccc12)C(=O)NCc1ccc2ccccc2c1. The molecule has 0 saturated carbocycles. The van der Waals surface area contributed by atoms with Gasteiger partial charge >= 0.3 is 6.03 Å². The van der Waals surface area contributed by atoms with Crippen molar-refractivity contribution in [1.29, 1.82) is 0 Å². The summed E-state index contributed by atoms with van der Waals surface area (Å²) in [5.74, 6) is -0.227. The van der Waals surface area contributed by atoms with E-state index >= 15 is 0 Å². The summed E-state index contributed by atoms with van der Waals surface area (Å²) in [6, 6.07) is 36.0. The number of amides is 3. The zero-order valence-electron chi connectivity index (χ0n) is 23.7. The van der Waals surface area contributed by atoms with Gasteiger partial charge in [-0.3, -0.25) is 4.79 Å². The van der Waals surface area contributed by atoms with Crippen LogP contribution in [0.3, 0.4) is 0 Å². The second-order valence-corrected chi connectivity index (χ2v) is 10.7. The van der Waals surface area contributed by atoms with Gasteiger partial charge < -0.3 is 20.5 Å². The molecule has 0 aliphatic heterocycles. The van der Waals surface area contributed by atoms with Crippen molar-refractivity contribution in [2.24, 2.45) is 5.73 Å². The lowest BCUT2D eigenvalue weighted by atomic mass is 10.0. The highest BCUT2D eigenvalue weighted by Crippen LogP contribution is 2.26. The van der Waals surface area contributed by atoms with Gasteiger partial charge in [-0.15, -0.1) is 0 Å². The topological polar surface area (TPSA) is 80.4 Å². The molecule has 0 aliphatic rings. The number of aromatic nitrogens is 1. The van der Waals surface area contributed by atoms with Crippen molar-refractivity contribution in [3.63, 3.8) is 0 Å². The summed E-state index contributed by atoms with van der Waals surface area (Å²) in [4.78, 5) is 27.6. The van der Waals surface area contributed by atoms with Crippen LogP contribution in [0.2, 0.25) is 0 Å². The van der Waals surface area contributed by atoms with Gasteiger partial charge in [0.1, 0.15) is 6.04 Å². The highest BCUT2D eigenvalue weighted by molar-refractivity contribution is 5.90. The van der Waals surface area contributed by atoms with Crippen LogP contribution in [0.25, 0.3) is 32.4 Å². The van der Waals surface area contributed by atoms with Crippen LogP contribution < -0.4 is 11.1 Å². The highest BCUT2D eigenvalue weighted by Gasteiger charge is 2.29. The first-order chi connectivity index (χ1) is 20.5. The van der Waals surface area contributed by atoms with Gasteiger partial charge in [-0.05, 0) is 63.4 Å². The van der Waals surface area contributed by atoms with Crippen LogP contribution in [0.1, 0.15) is 23.6 Å². The van der Waals surface area contributed by atoms with Crippen molar-refractivity contribution in [2.75, 3.05) is 6.54 Å². The second kappa shape index (κ2) is 11.8. The van der Waals surface area contributed by atoms with Crippen LogP contribution in [-0.2, 0) is 24.3 Å². The maximum atomic E-state index is 13.7. The molecule has 3 N–H and O–H groups in total. The monoisotopic (exact) mass is 554 g/mol. The maximum absolute atomic E-state index is 13.7. The van der Waals surface area contributed by atoms with E-state index in [4.69, 9.17) is 5.73 Å². The number of hydrogen-bond donors (Lipinski definition) is 2. The summed E-state index contributed by atoms with van der Waals surface area (Å²) >= 11 is 0. The molecule has 6 rings (SSSR count). The Hall–Kier alpha value is -5.10. The smallest absolute Gasteiger partial charge is 0.315 e. The number of carbonyl (C=O) groups is 2. The Labute approximate surface area is 245 Å². The van der Waals surface area contributed by atoms with Crippen LogP contribution in [0.5, 0.6) is 0 Å². The average Bonchev–Trinajstić information content (AvgIpc) is 3.36. The Morgan fingerprint density at radius 2 is 1.38 bits per heavy atom. The fourth-order valence-corrected chi connectivity index (χ4v) is 5.89. The van der Waals surface area contributed by atoms with Gasteiger partial charge in [-0.2, -0.15) is 0 Å². The third kappa shape index (κ3) is 5.56. The van der Waals surface area contributed by atoms with Crippen LogP contribution in [0, 0.1) is 0 Å². The molecule has 0 radical (unpaired) electrons. The number of hydrogen-bond acceptors (Lipinski definition) is 2. The number of rotatable bonds is 9. The molecule has 0 fully saturated rings. The summed E-state index contributed by atoms with van der Waals surface area (Å²) in [6.45, 7) is 3.23. The second-order valence-electron chi connectivity index (χ2n) is 10.7. The van der Waals surface area contributed by atoms with Crippen molar-refractivity contribution in [3.8, 4) is 0 Å². The molecule has 0 aliphatic carbocycles. The zero-order valence-corrected chi connectivity index (χ0v) is 23.7. The minimum absolute atomic E-state index is 0.227. The molecular weight excluding hydrogens is 520 g/mol. The van der Waals surface area contributed by atoms with Crippen molar-refractivity contribution in [2.45, 2.75) is 32.5 Å². The third-order valence-corrected chi connectivity index (χ3v) is 8.03. The van der Waals surface area contributed by atoms with Crippen LogP contribution in [0.4, 0.5) is 4.79 Å². The number of benzene rings is 5. The van der Waals surface area contributed by atoms with E-state index in [1.807, 2.05) is 43.3 Å². The Balaban J connectivity index is 1.28. The molecule has 6 aromatic rings. The van der Waals surface area contributed by atoms with Gasteiger partial charge in [0.25, 0.3) is 0 Å². The van der Waals surface area contributed by atoms with E-state index in [9.17, 15) is 9.59 Å². The summed E-state index contributed by atoms with van der Waals surface area (Å²) in [5.41, 5.74) is 10.0.